The summed E-state index contributed by atoms with van der Waals surface area (Å²) < 4.78 is 30.2. The van der Waals surface area contributed by atoms with E-state index in [-0.39, 0.29) is 11.9 Å². The third-order valence-electron chi connectivity index (χ3n) is 4.97. The van der Waals surface area contributed by atoms with E-state index in [1.165, 1.54) is 13.2 Å². The molecular formula is C21H25ClFNO3. The molecule has 1 atom stereocenters. The van der Waals surface area contributed by atoms with Crippen LogP contribution in [0.2, 0.25) is 5.02 Å². The molecule has 3 rings (SSSR count). The predicted molar refractivity (Wildman–Crippen MR) is 105 cm³/mol. The molecule has 146 valence electrons. The van der Waals surface area contributed by atoms with Crippen LogP contribution in [0, 0.1) is 5.82 Å². The summed E-state index contributed by atoms with van der Waals surface area (Å²) in [6.45, 7) is 2.68. The highest BCUT2D eigenvalue weighted by Crippen LogP contribution is 2.39. The first-order valence-electron chi connectivity index (χ1n) is 9.01. The van der Waals surface area contributed by atoms with E-state index in [1.54, 1.807) is 20.3 Å². The van der Waals surface area contributed by atoms with E-state index in [2.05, 4.69) is 4.90 Å². The second kappa shape index (κ2) is 8.91. The van der Waals surface area contributed by atoms with Crippen LogP contribution in [0.1, 0.15) is 18.4 Å². The fourth-order valence-corrected chi connectivity index (χ4v) is 3.92. The quantitative estimate of drug-likeness (QED) is 0.707. The molecule has 1 aliphatic heterocycles. The van der Waals surface area contributed by atoms with Crippen LogP contribution in [0.5, 0.6) is 11.5 Å². The predicted octanol–water partition coefficient (Wildman–Crippen LogP) is 4.77. The van der Waals surface area contributed by atoms with E-state index in [0.717, 1.165) is 43.6 Å². The van der Waals surface area contributed by atoms with E-state index in [4.69, 9.17) is 25.8 Å². The molecule has 27 heavy (non-hydrogen) atoms. The van der Waals surface area contributed by atoms with E-state index in [0.29, 0.717) is 16.3 Å². The number of benzene rings is 2. The molecule has 1 fully saturated rings. The minimum Gasteiger partial charge on any atom is -0.495 e. The Morgan fingerprint density at radius 2 is 1.96 bits per heavy atom. The van der Waals surface area contributed by atoms with Crippen molar-refractivity contribution in [1.29, 1.82) is 0 Å². The molecule has 1 saturated heterocycles. The summed E-state index contributed by atoms with van der Waals surface area (Å²) in [5, 5.41) is 0.515. The number of nitrogens with zero attached hydrogens (tertiary/aromatic N) is 1. The van der Waals surface area contributed by atoms with Gasteiger partial charge in [-0.15, -0.1) is 0 Å². The van der Waals surface area contributed by atoms with Crippen LogP contribution >= 0.6 is 11.6 Å². The first kappa shape index (κ1) is 19.9. The average Bonchev–Trinajstić information content (AvgIpc) is 2.67. The normalized spacial score (nSPS) is 17.7. The lowest BCUT2D eigenvalue weighted by molar-refractivity contribution is 0.0285. The lowest BCUT2D eigenvalue weighted by atomic mass is 10.00. The van der Waals surface area contributed by atoms with Gasteiger partial charge in [-0.05, 0) is 54.8 Å². The minimum atomic E-state index is -0.419. The topological polar surface area (TPSA) is 30.9 Å². The molecule has 0 spiro atoms. The van der Waals surface area contributed by atoms with E-state index in [1.807, 2.05) is 18.2 Å². The molecule has 0 saturated carbocycles. The largest absolute Gasteiger partial charge is 0.495 e. The van der Waals surface area contributed by atoms with Crippen molar-refractivity contribution in [2.75, 3.05) is 34.4 Å². The molecule has 1 unspecified atom stereocenters. The summed E-state index contributed by atoms with van der Waals surface area (Å²) >= 11 is 6.47. The number of piperidine rings is 1. The molecule has 0 bridgehead atoms. The van der Waals surface area contributed by atoms with Gasteiger partial charge < -0.3 is 14.2 Å². The van der Waals surface area contributed by atoms with Gasteiger partial charge in [0.05, 0.1) is 25.3 Å². The average molecular weight is 394 g/mol. The molecule has 1 heterocycles. The lowest BCUT2D eigenvalue weighted by Gasteiger charge is -2.32. The first-order chi connectivity index (χ1) is 13.0. The van der Waals surface area contributed by atoms with Crippen LogP contribution in [0.25, 0.3) is 11.1 Å². The zero-order valence-corrected chi connectivity index (χ0v) is 16.7. The van der Waals surface area contributed by atoms with Gasteiger partial charge in [-0.3, -0.25) is 4.90 Å². The highest BCUT2D eigenvalue weighted by atomic mass is 35.5. The Bertz CT molecular complexity index is 799. The number of hydrogen-bond donors (Lipinski definition) is 0. The fourth-order valence-electron chi connectivity index (χ4n) is 3.60. The number of methoxy groups -OCH3 is 3. The van der Waals surface area contributed by atoms with Crippen molar-refractivity contribution in [2.24, 2.45) is 0 Å². The number of rotatable bonds is 6. The lowest BCUT2D eigenvalue weighted by Crippen LogP contribution is -2.38. The van der Waals surface area contributed by atoms with Crippen molar-refractivity contribution in [3.8, 4) is 22.6 Å². The first-order valence-corrected chi connectivity index (χ1v) is 9.39. The molecule has 0 radical (unpaired) electrons. The summed E-state index contributed by atoms with van der Waals surface area (Å²) in [6, 6.07) is 8.79. The van der Waals surface area contributed by atoms with Gasteiger partial charge in [0, 0.05) is 25.8 Å². The summed E-state index contributed by atoms with van der Waals surface area (Å²) in [7, 11) is 4.77. The summed E-state index contributed by atoms with van der Waals surface area (Å²) in [5.74, 6) is 0.329. The Hall–Kier alpha value is -1.82. The minimum absolute atomic E-state index is 0.207. The highest BCUT2D eigenvalue weighted by molar-refractivity contribution is 6.32. The maximum absolute atomic E-state index is 14.2. The molecule has 6 heteroatoms. The van der Waals surface area contributed by atoms with E-state index < -0.39 is 5.82 Å². The van der Waals surface area contributed by atoms with Gasteiger partial charge in [-0.25, -0.2) is 4.39 Å². The zero-order valence-electron chi connectivity index (χ0n) is 15.9. The molecule has 0 amide bonds. The van der Waals surface area contributed by atoms with Gasteiger partial charge >= 0.3 is 0 Å². The molecule has 1 aliphatic rings. The Balaban J connectivity index is 1.92. The second-order valence-electron chi connectivity index (χ2n) is 6.74. The van der Waals surface area contributed by atoms with Gasteiger partial charge in [0.2, 0.25) is 0 Å². The van der Waals surface area contributed by atoms with E-state index in [9.17, 15) is 4.39 Å². The van der Waals surface area contributed by atoms with Crippen molar-refractivity contribution < 1.29 is 18.6 Å². The number of halogens is 2. The van der Waals surface area contributed by atoms with Crippen LogP contribution in [0.4, 0.5) is 4.39 Å². The number of likely N-dealkylation sites (tertiary alicyclic amines) is 1. The number of ether oxygens (including phenoxy) is 3. The summed E-state index contributed by atoms with van der Waals surface area (Å²) in [6.07, 6.45) is 2.47. The number of hydrogen-bond acceptors (Lipinski definition) is 4. The van der Waals surface area contributed by atoms with Crippen molar-refractivity contribution in [3.63, 3.8) is 0 Å². The molecule has 4 nitrogen and oxygen atoms in total. The molecule has 2 aromatic rings. The van der Waals surface area contributed by atoms with Gasteiger partial charge in [-0.2, -0.15) is 0 Å². The second-order valence-corrected chi connectivity index (χ2v) is 7.15. The van der Waals surface area contributed by atoms with Crippen molar-refractivity contribution >= 4 is 11.6 Å². The maximum atomic E-state index is 14.2. The Labute approximate surface area is 164 Å². The monoisotopic (exact) mass is 393 g/mol. The molecule has 0 aromatic heterocycles. The van der Waals surface area contributed by atoms with Gasteiger partial charge in [0.1, 0.15) is 5.75 Å². The zero-order chi connectivity index (χ0) is 19.4. The Morgan fingerprint density at radius 1 is 1.15 bits per heavy atom. The third kappa shape index (κ3) is 4.54. The third-order valence-corrected chi connectivity index (χ3v) is 5.25. The van der Waals surface area contributed by atoms with E-state index >= 15 is 0 Å². The van der Waals surface area contributed by atoms with Gasteiger partial charge in [0.25, 0.3) is 0 Å². The van der Waals surface area contributed by atoms with Crippen LogP contribution in [0.3, 0.4) is 0 Å². The van der Waals surface area contributed by atoms with Gasteiger partial charge in [0.15, 0.2) is 11.6 Å². The van der Waals surface area contributed by atoms with Crippen LogP contribution in [0.15, 0.2) is 30.3 Å². The fraction of sp³-hybridized carbons (Fsp3) is 0.429. The molecular weight excluding hydrogens is 369 g/mol. The SMILES string of the molecule is COc1ccc(-c2cc(CN3CCCC(OC)C3)cc(Cl)c2OC)cc1F. The Kier molecular flexibility index (Phi) is 6.58. The molecule has 0 aliphatic carbocycles. The van der Waals surface area contributed by atoms with Crippen molar-refractivity contribution in [2.45, 2.75) is 25.5 Å². The van der Waals surface area contributed by atoms with Gasteiger partial charge in [-0.1, -0.05) is 17.7 Å². The maximum Gasteiger partial charge on any atom is 0.165 e. The van der Waals surface area contributed by atoms with Crippen LogP contribution in [-0.4, -0.2) is 45.4 Å². The van der Waals surface area contributed by atoms with Crippen molar-refractivity contribution in [3.05, 3.63) is 46.7 Å². The van der Waals surface area contributed by atoms with Crippen molar-refractivity contribution in [1.82, 2.24) is 4.90 Å². The molecule has 0 N–H and O–H groups in total. The summed E-state index contributed by atoms with van der Waals surface area (Å²) in [5.41, 5.74) is 2.52. The van der Waals surface area contributed by atoms with Crippen LogP contribution in [-0.2, 0) is 11.3 Å². The van der Waals surface area contributed by atoms with Crippen LogP contribution < -0.4 is 9.47 Å². The Morgan fingerprint density at radius 3 is 2.63 bits per heavy atom. The standard InChI is InChI=1S/C21H25ClFNO3/c1-25-16-5-4-8-24(13-16)12-14-9-17(21(27-3)18(22)10-14)15-6-7-20(26-2)19(23)11-15/h6-7,9-11,16H,4-5,8,12-13H2,1-3H3. The summed E-state index contributed by atoms with van der Waals surface area (Å²) in [4.78, 5) is 2.36. The molecule has 2 aromatic carbocycles. The highest BCUT2D eigenvalue weighted by Gasteiger charge is 2.21. The smallest absolute Gasteiger partial charge is 0.165 e.